The first-order valence-corrected chi connectivity index (χ1v) is 8.02. The molecule has 0 aliphatic carbocycles. The molecule has 2 aliphatic heterocycles. The van der Waals surface area contributed by atoms with Crippen LogP contribution in [-0.2, 0) is 0 Å². The van der Waals surface area contributed by atoms with Crippen LogP contribution in [0.3, 0.4) is 0 Å². The van der Waals surface area contributed by atoms with E-state index in [9.17, 15) is 4.39 Å². The number of hydrogen-bond acceptors (Lipinski definition) is 2. The highest BCUT2D eigenvalue weighted by molar-refractivity contribution is 6.30. The molecule has 0 bridgehead atoms. The predicted octanol–water partition coefficient (Wildman–Crippen LogP) is 3.93. The number of fused-ring (bicyclic) bond motifs is 1. The van der Waals surface area contributed by atoms with Crippen LogP contribution in [0.5, 0.6) is 0 Å². The van der Waals surface area contributed by atoms with E-state index in [1.165, 1.54) is 31.9 Å². The largest absolute Gasteiger partial charge is 0.363 e. The van der Waals surface area contributed by atoms with E-state index in [2.05, 4.69) is 16.7 Å². The Labute approximate surface area is 125 Å². The summed E-state index contributed by atoms with van der Waals surface area (Å²) in [6.45, 7) is 5.36. The maximum atomic E-state index is 14.2. The molecule has 1 aromatic rings. The van der Waals surface area contributed by atoms with E-state index in [1.807, 2.05) is 0 Å². The maximum absolute atomic E-state index is 14.2. The number of piperidine rings is 1. The average molecular weight is 297 g/mol. The molecule has 0 radical (unpaired) electrons. The van der Waals surface area contributed by atoms with E-state index in [0.717, 1.165) is 19.5 Å². The van der Waals surface area contributed by atoms with Crippen LogP contribution in [0.25, 0.3) is 0 Å². The molecule has 2 unspecified atom stereocenters. The minimum absolute atomic E-state index is 0.155. The Balaban J connectivity index is 1.88. The summed E-state index contributed by atoms with van der Waals surface area (Å²) in [4.78, 5) is 4.84. The maximum Gasteiger partial charge on any atom is 0.146 e. The van der Waals surface area contributed by atoms with Gasteiger partial charge in [-0.3, -0.25) is 4.90 Å². The second-order valence-electron chi connectivity index (χ2n) is 5.95. The second-order valence-corrected chi connectivity index (χ2v) is 6.39. The summed E-state index contributed by atoms with van der Waals surface area (Å²) in [5, 5.41) is 0.613. The van der Waals surface area contributed by atoms with E-state index in [0.29, 0.717) is 22.8 Å². The van der Waals surface area contributed by atoms with Crippen LogP contribution in [0.2, 0.25) is 5.02 Å². The number of benzene rings is 1. The van der Waals surface area contributed by atoms with Gasteiger partial charge in [0.25, 0.3) is 0 Å². The first-order chi connectivity index (χ1) is 9.69. The van der Waals surface area contributed by atoms with Crippen molar-refractivity contribution in [3.63, 3.8) is 0 Å². The van der Waals surface area contributed by atoms with Crippen molar-refractivity contribution in [2.24, 2.45) is 0 Å². The zero-order chi connectivity index (χ0) is 14.1. The fourth-order valence-corrected chi connectivity index (χ4v) is 3.77. The lowest BCUT2D eigenvalue weighted by atomic mass is 9.95. The number of anilines is 1. The molecule has 2 nitrogen and oxygen atoms in total. The van der Waals surface area contributed by atoms with Crippen molar-refractivity contribution in [3.8, 4) is 0 Å². The Morgan fingerprint density at radius 1 is 1.30 bits per heavy atom. The zero-order valence-corrected chi connectivity index (χ0v) is 12.7. The first kappa shape index (κ1) is 14.2. The fraction of sp³-hybridized carbons (Fsp3) is 0.625. The molecular weight excluding hydrogens is 275 g/mol. The molecule has 0 amide bonds. The van der Waals surface area contributed by atoms with Gasteiger partial charge in [0.1, 0.15) is 5.82 Å². The molecule has 20 heavy (non-hydrogen) atoms. The van der Waals surface area contributed by atoms with Crippen molar-refractivity contribution in [2.75, 3.05) is 24.5 Å². The lowest BCUT2D eigenvalue weighted by molar-refractivity contribution is 0.110. The Bertz CT molecular complexity index is 480. The molecule has 0 saturated carbocycles. The molecule has 1 aromatic carbocycles. The number of piperazine rings is 1. The van der Waals surface area contributed by atoms with Gasteiger partial charge < -0.3 is 4.90 Å². The Morgan fingerprint density at radius 3 is 2.95 bits per heavy atom. The number of halogens is 2. The van der Waals surface area contributed by atoms with E-state index in [4.69, 9.17) is 11.6 Å². The van der Waals surface area contributed by atoms with Gasteiger partial charge in [0.05, 0.1) is 5.69 Å². The third-order valence-electron chi connectivity index (χ3n) is 4.73. The lowest BCUT2D eigenvalue weighted by Crippen LogP contribution is -2.59. The summed E-state index contributed by atoms with van der Waals surface area (Å²) in [7, 11) is 0. The Morgan fingerprint density at radius 2 is 2.15 bits per heavy atom. The SMILES string of the molecule is CCC1CN2CCCCC2CN1c1cc(Cl)ccc1F. The van der Waals surface area contributed by atoms with E-state index in [-0.39, 0.29) is 5.82 Å². The average Bonchev–Trinajstić information content (AvgIpc) is 2.48. The van der Waals surface area contributed by atoms with Crippen molar-refractivity contribution in [1.82, 2.24) is 4.90 Å². The van der Waals surface area contributed by atoms with Gasteiger partial charge in [0.2, 0.25) is 0 Å². The van der Waals surface area contributed by atoms with Gasteiger partial charge in [0.15, 0.2) is 0 Å². The highest BCUT2D eigenvalue weighted by Gasteiger charge is 2.35. The van der Waals surface area contributed by atoms with Crippen LogP contribution in [-0.4, -0.2) is 36.6 Å². The van der Waals surface area contributed by atoms with Crippen molar-refractivity contribution in [1.29, 1.82) is 0 Å². The van der Waals surface area contributed by atoms with Gasteiger partial charge in [-0.25, -0.2) is 4.39 Å². The van der Waals surface area contributed by atoms with Crippen LogP contribution in [0, 0.1) is 5.82 Å². The molecule has 4 heteroatoms. The molecule has 0 spiro atoms. The van der Waals surface area contributed by atoms with E-state index >= 15 is 0 Å². The minimum Gasteiger partial charge on any atom is -0.363 e. The smallest absolute Gasteiger partial charge is 0.146 e. The number of nitrogens with zero attached hydrogens (tertiary/aromatic N) is 2. The third-order valence-corrected chi connectivity index (χ3v) is 4.97. The van der Waals surface area contributed by atoms with Crippen molar-refractivity contribution in [3.05, 3.63) is 29.0 Å². The molecule has 0 aromatic heterocycles. The quantitative estimate of drug-likeness (QED) is 0.816. The van der Waals surface area contributed by atoms with Gasteiger partial charge in [0, 0.05) is 30.2 Å². The summed E-state index contributed by atoms with van der Waals surface area (Å²) in [5.74, 6) is -0.155. The third kappa shape index (κ3) is 2.66. The minimum atomic E-state index is -0.155. The van der Waals surface area contributed by atoms with Gasteiger partial charge >= 0.3 is 0 Å². The molecule has 2 aliphatic rings. The number of rotatable bonds is 2. The van der Waals surface area contributed by atoms with Crippen LogP contribution in [0.4, 0.5) is 10.1 Å². The van der Waals surface area contributed by atoms with Gasteiger partial charge in [-0.2, -0.15) is 0 Å². The lowest BCUT2D eigenvalue weighted by Gasteiger charge is -2.49. The predicted molar refractivity (Wildman–Crippen MR) is 82.0 cm³/mol. The zero-order valence-electron chi connectivity index (χ0n) is 12.0. The van der Waals surface area contributed by atoms with E-state index in [1.54, 1.807) is 12.1 Å². The second kappa shape index (κ2) is 5.90. The standard InChI is InChI=1S/C16H22ClFN2/c1-2-13-10-19-8-4-3-5-14(19)11-20(13)16-9-12(17)6-7-15(16)18/h6-7,9,13-14H,2-5,8,10-11H2,1H3. The summed E-state index contributed by atoms with van der Waals surface area (Å²) >= 11 is 6.06. The Kier molecular flexibility index (Phi) is 4.18. The van der Waals surface area contributed by atoms with Gasteiger partial charge in [-0.05, 0) is 44.0 Å². The van der Waals surface area contributed by atoms with E-state index < -0.39 is 0 Å². The van der Waals surface area contributed by atoms with Crippen LogP contribution in [0.15, 0.2) is 18.2 Å². The molecule has 3 rings (SSSR count). The highest BCUT2D eigenvalue weighted by atomic mass is 35.5. The summed E-state index contributed by atoms with van der Waals surface area (Å²) in [6.07, 6.45) is 4.87. The summed E-state index contributed by atoms with van der Waals surface area (Å²) < 4.78 is 14.2. The van der Waals surface area contributed by atoms with Gasteiger partial charge in [-0.15, -0.1) is 0 Å². The summed E-state index contributed by atoms with van der Waals surface area (Å²) in [6, 6.07) is 5.84. The van der Waals surface area contributed by atoms with Crippen molar-refractivity contribution in [2.45, 2.75) is 44.7 Å². The normalized spacial score (nSPS) is 27.4. The molecule has 2 fully saturated rings. The monoisotopic (exact) mass is 296 g/mol. The topological polar surface area (TPSA) is 6.48 Å². The molecule has 2 heterocycles. The summed E-state index contributed by atoms with van der Waals surface area (Å²) in [5.41, 5.74) is 0.676. The van der Waals surface area contributed by atoms with Crippen LogP contribution >= 0.6 is 11.6 Å². The van der Waals surface area contributed by atoms with Gasteiger partial charge in [-0.1, -0.05) is 24.9 Å². The molecular formula is C16H22ClFN2. The molecule has 110 valence electrons. The first-order valence-electron chi connectivity index (χ1n) is 7.64. The van der Waals surface area contributed by atoms with Crippen molar-refractivity contribution >= 4 is 17.3 Å². The van der Waals surface area contributed by atoms with Crippen LogP contribution < -0.4 is 4.90 Å². The van der Waals surface area contributed by atoms with Crippen LogP contribution in [0.1, 0.15) is 32.6 Å². The molecule has 2 saturated heterocycles. The highest BCUT2D eigenvalue weighted by Crippen LogP contribution is 2.32. The molecule has 2 atom stereocenters. The fourth-order valence-electron chi connectivity index (χ4n) is 3.60. The van der Waals surface area contributed by atoms with Crippen molar-refractivity contribution < 1.29 is 4.39 Å². The molecule has 0 N–H and O–H groups in total. The number of hydrogen-bond donors (Lipinski definition) is 0. The Hall–Kier alpha value is -0.800.